The van der Waals surface area contributed by atoms with Crippen LogP contribution in [0.15, 0.2) is 42.5 Å². The Morgan fingerprint density at radius 2 is 1.92 bits per heavy atom. The number of rotatable bonds is 4. The lowest BCUT2D eigenvalue weighted by atomic mass is 10.1. The summed E-state index contributed by atoms with van der Waals surface area (Å²) < 4.78 is 5.68. The Hall–Kier alpha value is -2.82. The molecule has 5 heteroatoms. The number of carbonyl (C=O) groups is 2. The van der Waals surface area contributed by atoms with Crippen molar-refractivity contribution in [2.45, 2.75) is 46.3 Å². The van der Waals surface area contributed by atoms with Crippen molar-refractivity contribution in [3.63, 3.8) is 0 Å². The predicted molar refractivity (Wildman–Crippen MR) is 103 cm³/mol. The summed E-state index contributed by atoms with van der Waals surface area (Å²) in [5.41, 5.74) is 3.56. The maximum Gasteiger partial charge on any atom is 0.268 e. The van der Waals surface area contributed by atoms with E-state index < -0.39 is 12.1 Å². The highest BCUT2D eigenvalue weighted by Crippen LogP contribution is 2.36. The minimum Gasteiger partial charge on any atom is -0.479 e. The molecule has 2 aromatic rings. The van der Waals surface area contributed by atoms with Crippen molar-refractivity contribution in [1.82, 2.24) is 0 Å². The molecule has 0 fully saturated rings. The Balaban J connectivity index is 1.85. The van der Waals surface area contributed by atoms with Gasteiger partial charge in [-0.2, -0.15) is 0 Å². The second kappa shape index (κ2) is 7.20. The molecule has 2 atom stereocenters. The molecular formula is C21H24N2O3. The van der Waals surface area contributed by atoms with Crippen LogP contribution in [-0.2, 0) is 16.0 Å². The quantitative estimate of drug-likeness (QED) is 0.913. The number of carbonyl (C=O) groups excluding carboxylic acids is 2. The number of anilines is 2. The van der Waals surface area contributed by atoms with E-state index >= 15 is 0 Å². The fourth-order valence-corrected chi connectivity index (χ4v) is 3.06. The topological polar surface area (TPSA) is 58.6 Å². The Labute approximate surface area is 154 Å². The molecule has 2 unspecified atom stereocenters. The molecule has 0 spiro atoms. The lowest BCUT2D eigenvalue weighted by Crippen LogP contribution is -2.52. The standard InChI is InChI=1S/C21H24N2O3/c1-5-16-7-9-17(10-8-16)22-20(24)14(3)23-18-12-13(2)6-11-19(18)26-15(4)21(23)25/h6-12,14-15H,5H2,1-4H3,(H,22,24). The van der Waals surface area contributed by atoms with Crippen LogP contribution in [0.1, 0.15) is 31.9 Å². The van der Waals surface area contributed by atoms with Crippen molar-refractivity contribution in [3.05, 3.63) is 53.6 Å². The van der Waals surface area contributed by atoms with Gasteiger partial charge in [0.15, 0.2) is 6.10 Å². The van der Waals surface area contributed by atoms with Crippen LogP contribution in [0.25, 0.3) is 0 Å². The van der Waals surface area contributed by atoms with Crippen molar-refractivity contribution in [2.24, 2.45) is 0 Å². The number of fused-ring (bicyclic) bond motifs is 1. The first-order chi connectivity index (χ1) is 12.4. The van der Waals surface area contributed by atoms with Crippen LogP contribution in [0.3, 0.4) is 0 Å². The number of hydrogen-bond acceptors (Lipinski definition) is 3. The number of aryl methyl sites for hydroxylation is 2. The highest BCUT2D eigenvalue weighted by molar-refractivity contribution is 6.07. The van der Waals surface area contributed by atoms with E-state index in [4.69, 9.17) is 4.74 Å². The van der Waals surface area contributed by atoms with Gasteiger partial charge in [0.05, 0.1) is 5.69 Å². The van der Waals surface area contributed by atoms with Crippen LogP contribution in [0.5, 0.6) is 5.75 Å². The monoisotopic (exact) mass is 352 g/mol. The van der Waals surface area contributed by atoms with Crippen molar-refractivity contribution in [2.75, 3.05) is 10.2 Å². The van der Waals surface area contributed by atoms with E-state index in [0.717, 1.165) is 17.7 Å². The Kier molecular flexibility index (Phi) is 4.98. The van der Waals surface area contributed by atoms with Gasteiger partial charge in [0.25, 0.3) is 5.91 Å². The molecule has 5 nitrogen and oxygen atoms in total. The number of ether oxygens (including phenoxy) is 1. The number of hydrogen-bond donors (Lipinski definition) is 1. The van der Waals surface area contributed by atoms with Gasteiger partial charge >= 0.3 is 0 Å². The van der Waals surface area contributed by atoms with Crippen molar-refractivity contribution in [3.8, 4) is 5.75 Å². The summed E-state index contributed by atoms with van der Waals surface area (Å²) in [6, 6.07) is 12.7. The van der Waals surface area contributed by atoms with E-state index in [1.54, 1.807) is 13.8 Å². The van der Waals surface area contributed by atoms with Crippen LogP contribution in [-0.4, -0.2) is 24.0 Å². The van der Waals surface area contributed by atoms with Gasteiger partial charge in [0.2, 0.25) is 5.91 Å². The average molecular weight is 352 g/mol. The summed E-state index contributed by atoms with van der Waals surface area (Å²) in [7, 11) is 0. The smallest absolute Gasteiger partial charge is 0.268 e. The predicted octanol–water partition coefficient (Wildman–Crippen LogP) is 3.70. The SMILES string of the molecule is CCc1ccc(NC(=O)C(C)N2C(=O)C(C)Oc3ccc(C)cc32)cc1. The second-order valence-corrected chi connectivity index (χ2v) is 6.66. The molecule has 0 aromatic heterocycles. The van der Waals surface area contributed by atoms with Crippen LogP contribution in [0, 0.1) is 6.92 Å². The molecule has 0 saturated carbocycles. The zero-order chi connectivity index (χ0) is 18.8. The first-order valence-electron chi connectivity index (χ1n) is 8.91. The highest BCUT2D eigenvalue weighted by Gasteiger charge is 2.37. The van der Waals surface area contributed by atoms with Crippen LogP contribution in [0.4, 0.5) is 11.4 Å². The summed E-state index contributed by atoms with van der Waals surface area (Å²) in [6.07, 6.45) is 0.324. The summed E-state index contributed by atoms with van der Waals surface area (Å²) in [6.45, 7) is 7.46. The van der Waals surface area contributed by atoms with Crippen molar-refractivity contribution >= 4 is 23.2 Å². The van der Waals surface area contributed by atoms with Crippen molar-refractivity contribution < 1.29 is 14.3 Å². The van der Waals surface area contributed by atoms with Gasteiger partial charge in [-0.3, -0.25) is 14.5 Å². The fourth-order valence-electron chi connectivity index (χ4n) is 3.06. The third kappa shape index (κ3) is 3.43. The van der Waals surface area contributed by atoms with E-state index in [2.05, 4.69) is 12.2 Å². The maximum atomic E-state index is 12.8. The number of nitrogens with one attached hydrogen (secondary N) is 1. The molecular weight excluding hydrogens is 328 g/mol. The Bertz CT molecular complexity index is 830. The van der Waals surface area contributed by atoms with E-state index in [9.17, 15) is 9.59 Å². The normalized spacial score (nSPS) is 17.3. The zero-order valence-electron chi connectivity index (χ0n) is 15.6. The fraction of sp³-hybridized carbons (Fsp3) is 0.333. The van der Waals surface area contributed by atoms with Crippen molar-refractivity contribution in [1.29, 1.82) is 0 Å². The Morgan fingerprint density at radius 3 is 2.58 bits per heavy atom. The molecule has 3 rings (SSSR count). The van der Waals surface area contributed by atoms with Gasteiger partial charge in [0.1, 0.15) is 11.8 Å². The van der Waals surface area contributed by atoms with Gasteiger partial charge in [-0.25, -0.2) is 0 Å². The summed E-state index contributed by atoms with van der Waals surface area (Å²) in [5, 5.41) is 2.90. The third-order valence-electron chi connectivity index (χ3n) is 4.66. The number of nitrogens with zero attached hydrogens (tertiary/aromatic N) is 1. The molecule has 2 amide bonds. The van der Waals surface area contributed by atoms with Gasteiger partial charge < -0.3 is 10.1 Å². The highest BCUT2D eigenvalue weighted by atomic mass is 16.5. The van der Waals surface area contributed by atoms with Crippen LogP contribution < -0.4 is 15.0 Å². The lowest BCUT2D eigenvalue weighted by Gasteiger charge is -2.36. The molecule has 26 heavy (non-hydrogen) atoms. The van der Waals surface area contributed by atoms with Crippen LogP contribution >= 0.6 is 0 Å². The maximum absolute atomic E-state index is 12.8. The van der Waals surface area contributed by atoms with Gasteiger partial charge in [-0.15, -0.1) is 0 Å². The summed E-state index contributed by atoms with van der Waals surface area (Å²) in [5.74, 6) is 0.172. The molecule has 2 aromatic carbocycles. The lowest BCUT2D eigenvalue weighted by molar-refractivity contribution is -0.128. The molecule has 1 aliphatic heterocycles. The van der Waals surface area contributed by atoms with E-state index in [-0.39, 0.29) is 11.8 Å². The molecule has 1 N–H and O–H groups in total. The molecule has 1 aliphatic rings. The average Bonchev–Trinajstić information content (AvgIpc) is 2.63. The molecule has 0 aliphatic carbocycles. The minimum absolute atomic E-state index is 0.216. The first-order valence-corrected chi connectivity index (χ1v) is 8.91. The molecule has 0 saturated heterocycles. The summed E-state index contributed by atoms with van der Waals surface area (Å²) >= 11 is 0. The molecule has 136 valence electrons. The van der Waals surface area contributed by atoms with Gasteiger partial charge in [0, 0.05) is 5.69 Å². The van der Waals surface area contributed by atoms with E-state index in [0.29, 0.717) is 11.4 Å². The molecule has 0 bridgehead atoms. The summed E-state index contributed by atoms with van der Waals surface area (Å²) in [4.78, 5) is 27.0. The van der Waals surface area contributed by atoms with Crippen LogP contribution in [0.2, 0.25) is 0 Å². The minimum atomic E-state index is -0.653. The van der Waals surface area contributed by atoms with E-state index in [1.807, 2.05) is 49.4 Å². The van der Waals surface area contributed by atoms with Gasteiger partial charge in [-0.05, 0) is 62.6 Å². The second-order valence-electron chi connectivity index (χ2n) is 6.66. The number of amides is 2. The largest absolute Gasteiger partial charge is 0.479 e. The molecule has 0 radical (unpaired) electrons. The third-order valence-corrected chi connectivity index (χ3v) is 4.66. The first kappa shape index (κ1) is 18.0. The van der Waals surface area contributed by atoms with E-state index in [1.165, 1.54) is 10.5 Å². The Morgan fingerprint density at radius 1 is 1.23 bits per heavy atom. The molecule has 1 heterocycles. The zero-order valence-corrected chi connectivity index (χ0v) is 15.6. The van der Waals surface area contributed by atoms with Gasteiger partial charge in [-0.1, -0.05) is 25.1 Å². The number of benzene rings is 2.